The summed E-state index contributed by atoms with van der Waals surface area (Å²) in [6, 6.07) is 1.99. The number of carbonyl (C=O) groups excluding carboxylic acids is 2. The van der Waals surface area contributed by atoms with Gasteiger partial charge in [0.15, 0.2) is 5.76 Å². The summed E-state index contributed by atoms with van der Waals surface area (Å²) in [5, 5.41) is 33.4. The van der Waals surface area contributed by atoms with E-state index in [1.165, 1.54) is 31.2 Å². The van der Waals surface area contributed by atoms with Crippen molar-refractivity contribution in [2.24, 2.45) is 10.3 Å². The number of sulfonamides is 1. The topological polar surface area (TPSA) is 236 Å². The Morgan fingerprint density at radius 2 is 2.30 bits per heavy atom. The number of carboxylic acid groups (broad SMARTS) is 1. The number of carbonyl (C=O) groups is 3. The number of H-pyrrole nitrogens is 1. The summed E-state index contributed by atoms with van der Waals surface area (Å²) >= 11 is 2.20. The second-order valence-electron chi connectivity index (χ2n) is 7.60. The van der Waals surface area contributed by atoms with Gasteiger partial charge in [-0.2, -0.15) is 5.21 Å². The molecule has 0 saturated carbocycles. The average molecular weight is 573 g/mol. The van der Waals surface area contributed by atoms with Gasteiger partial charge in [-0.25, -0.2) is 18.4 Å². The van der Waals surface area contributed by atoms with Crippen molar-refractivity contribution in [3.8, 4) is 0 Å². The lowest BCUT2D eigenvalue weighted by Crippen LogP contribution is -2.71. The van der Waals surface area contributed by atoms with Crippen molar-refractivity contribution in [2.75, 3.05) is 18.6 Å². The standard InChI is InChI=1S/C18H20N8O8S3/c1-33-23-11(9-3-2-5-34-9)14(27)20-12-15(28)26-13(17(29)30)8(7-35-16(12)26)10(4-6-37(19,31)32)36-18-21-24-25-22-18/h2-3,5,10,12,16H,4,6-7H2,1H3,(H,20,27)(H,29,30)(H2,19,31,32)(H,21,22,24,25)/t10?,12?,16-/m0/s1. The zero-order chi connectivity index (χ0) is 26.7. The van der Waals surface area contributed by atoms with Crippen LogP contribution in [0.3, 0.4) is 0 Å². The van der Waals surface area contributed by atoms with Crippen molar-refractivity contribution in [1.82, 2.24) is 30.8 Å². The smallest absolute Gasteiger partial charge is 0.352 e. The number of nitrogens with two attached hydrogens (primary N) is 1. The van der Waals surface area contributed by atoms with Crippen LogP contribution in [0.5, 0.6) is 0 Å². The van der Waals surface area contributed by atoms with Gasteiger partial charge in [0.2, 0.25) is 20.9 Å². The van der Waals surface area contributed by atoms with Gasteiger partial charge in [-0.05, 0) is 29.3 Å². The third kappa shape index (κ3) is 5.78. The lowest BCUT2D eigenvalue weighted by atomic mass is 10.0. The Balaban J connectivity index is 1.58. The maximum atomic E-state index is 13.1. The number of thioether (sulfide) groups is 2. The van der Waals surface area contributed by atoms with Gasteiger partial charge in [0, 0.05) is 11.0 Å². The normalized spacial score (nSPS) is 20.8. The fourth-order valence-corrected chi connectivity index (χ4v) is 6.96. The van der Waals surface area contributed by atoms with E-state index >= 15 is 0 Å². The van der Waals surface area contributed by atoms with Crippen LogP contribution in [0.4, 0.5) is 0 Å². The number of amides is 2. The molecule has 2 aromatic rings. The summed E-state index contributed by atoms with van der Waals surface area (Å²) < 4.78 is 28.4. The van der Waals surface area contributed by atoms with Crippen LogP contribution in [0.1, 0.15) is 12.2 Å². The molecule has 16 nitrogen and oxygen atoms in total. The highest BCUT2D eigenvalue weighted by Gasteiger charge is 2.55. The second kappa shape index (κ2) is 10.9. The minimum Gasteiger partial charge on any atom is -0.477 e. The number of oxime groups is 1. The van der Waals surface area contributed by atoms with Crippen LogP contribution < -0.4 is 10.5 Å². The number of fused-ring (bicyclic) bond motifs is 1. The molecule has 1 saturated heterocycles. The molecule has 2 aromatic heterocycles. The number of hydrogen-bond acceptors (Lipinski definition) is 13. The summed E-state index contributed by atoms with van der Waals surface area (Å²) in [6.07, 6.45) is 1.28. The molecule has 0 aromatic carbocycles. The monoisotopic (exact) mass is 572 g/mol. The number of hydrogen-bond donors (Lipinski definition) is 4. The highest BCUT2D eigenvalue weighted by molar-refractivity contribution is 8.01. The van der Waals surface area contributed by atoms with E-state index < -0.39 is 50.2 Å². The molecule has 3 atom stereocenters. The number of carboxylic acids is 1. The zero-order valence-corrected chi connectivity index (χ0v) is 21.4. The molecule has 0 radical (unpaired) electrons. The number of tetrazole rings is 1. The number of β-lactam (4-membered cyclic amide) rings is 1. The Kier molecular flexibility index (Phi) is 7.85. The fourth-order valence-electron chi connectivity index (χ4n) is 3.71. The predicted molar refractivity (Wildman–Crippen MR) is 128 cm³/mol. The van der Waals surface area contributed by atoms with Crippen LogP contribution in [0.15, 0.2) is 44.4 Å². The third-order valence-corrected chi connectivity index (χ3v) is 8.56. The van der Waals surface area contributed by atoms with Crippen LogP contribution in [0.2, 0.25) is 0 Å². The molecule has 1 fully saturated rings. The molecule has 5 N–H and O–H groups in total. The van der Waals surface area contributed by atoms with E-state index in [0.717, 1.165) is 16.7 Å². The van der Waals surface area contributed by atoms with E-state index in [-0.39, 0.29) is 34.5 Å². The molecule has 2 aliphatic rings. The first-order chi connectivity index (χ1) is 17.6. The van der Waals surface area contributed by atoms with E-state index in [1.54, 1.807) is 6.07 Å². The number of nitrogens with zero attached hydrogens (tertiary/aromatic N) is 5. The molecule has 0 spiro atoms. The summed E-state index contributed by atoms with van der Waals surface area (Å²) in [7, 11) is -2.62. The van der Waals surface area contributed by atoms with Crippen LogP contribution in [-0.2, 0) is 29.2 Å². The summed E-state index contributed by atoms with van der Waals surface area (Å²) in [4.78, 5) is 43.9. The molecule has 0 aliphatic carbocycles. The SMILES string of the molecule is CON=C(C(=O)NC1C(=O)N2C(C(=O)O)=C(C(CCS(N)(=O)=O)Sc3nn[nH]n3)CS[C@@H]12)c1ccco1. The van der Waals surface area contributed by atoms with Gasteiger partial charge in [0.25, 0.3) is 11.8 Å². The zero-order valence-electron chi connectivity index (χ0n) is 18.9. The van der Waals surface area contributed by atoms with E-state index in [4.69, 9.17) is 14.4 Å². The highest BCUT2D eigenvalue weighted by atomic mass is 32.2. The minimum atomic E-state index is -3.86. The Morgan fingerprint density at radius 3 is 2.89 bits per heavy atom. The first-order valence-corrected chi connectivity index (χ1v) is 14.0. The molecule has 19 heteroatoms. The number of aliphatic carboxylic acids is 1. The molecule has 37 heavy (non-hydrogen) atoms. The first-order valence-electron chi connectivity index (χ1n) is 10.4. The lowest BCUT2D eigenvalue weighted by Gasteiger charge is -2.50. The van der Waals surface area contributed by atoms with E-state index in [2.05, 4.69) is 31.1 Å². The van der Waals surface area contributed by atoms with Crippen molar-refractivity contribution < 1.29 is 37.2 Å². The first kappa shape index (κ1) is 26.6. The van der Waals surface area contributed by atoms with Crippen molar-refractivity contribution in [1.29, 1.82) is 0 Å². The second-order valence-corrected chi connectivity index (χ2v) is 11.6. The molecule has 2 unspecified atom stereocenters. The fraction of sp³-hybridized carbons (Fsp3) is 0.389. The maximum absolute atomic E-state index is 13.1. The van der Waals surface area contributed by atoms with Crippen LogP contribution >= 0.6 is 23.5 Å². The van der Waals surface area contributed by atoms with Gasteiger partial charge in [-0.15, -0.1) is 22.0 Å². The maximum Gasteiger partial charge on any atom is 0.352 e. The molecule has 4 heterocycles. The minimum absolute atomic E-state index is 0.0580. The summed E-state index contributed by atoms with van der Waals surface area (Å²) in [5.74, 6) is -2.99. The van der Waals surface area contributed by atoms with Gasteiger partial charge in [-0.1, -0.05) is 16.9 Å². The quantitative estimate of drug-likeness (QED) is 0.106. The van der Waals surface area contributed by atoms with Crippen molar-refractivity contribution in [2.45, 2.75) is 28.2 Å². The predicted octanol–water partition coefficient (Wildman–Crippen LogP) is -1.28. The van der Waals surface area contributed by atoms with Gasteiger partial charge < -0.3 is 19.7 Å². The average Bonchev–Trinajstić information content (AvgIpc) is 3.56. The molecular formula is C18H20N8O8S3. The number of aromatic amines is 1. The number of aromatic nitrogens is 4. The molecule has 4 rings (SSSR count). The van der Waals surface area contributed by atoms with Gasteiger partial charge in [-0.3, -0.25) is 14.5 Å². The number of rotatable bonds is 11. The van der Waals surface area contributed by atoms with Crippen LogP contribution in [0.25, 0.3) is 0 Å². The summed E-state index contributed by atoms with van der Waals surface area (Å²) in [5.41, 5.74) is -0.206. The number of nitrogens with one attached hydrogen (secondary N) is 2. The summed E-state index contributed by atoms with van der Waals surface area (Å²) in [6.45, 7) is 0. The molecule has 2 aliphatic heterocycles. The van der Waals surface area contributed by atoms with Crippen molar-refractivity contribution in [3.05, 3.63) is 35.4 Å². The number of furan rings is 1. The van der Waals surface area contributed by atoms with Gasteiger partial charge >= 0.3 is 5.97 Å². The largest absolute Gasteiger partial charge is 0.477 e. The van der Waals surface area contributed by atoms with Crippen molar-refractivity contribution in [3.63, 3.8) is 0 Å². The van der Waals surface area contributed by atoms with E-state index in [9.17, 15) is 27.9 Å². The van der Waals surface area contributed by atoms with E-state index in [0.29, 0.717) is 5.57 Å². The van der Waals surface area contributed by atoms with Gasteiger partial charge in [0.05, 0.1) is 12.0 Å². The lowest BCUT2D eigenvalue weighted by molar-refractivity contribution is -0.150. The molecule has 198 valence electrons. The Bertz CT molecular complexity index is 1340. The van der Waals surface area contributed by atoms with Gasteiger partial charge in [0.1, 0.15) is 24.2 Å². The Hall–Kier alpha value is -3.42. The van der Waals surface area contributed by atoms with Crippen LogP contribution in [-0.4, -0.2) is 97.8 Å². The highest BCUT2D eigenvalue weighted by Crippen LogP contribution is 2.44. The van der Waals surface area contributed by atoms with Crippen molar-refractivity contribution >= 4 is 57.0 Å². The van der Waals surface area contributed by atoms with Crippen LogP contribution in [0, 0.1) is 0 Å². The third-order valence-electron chi connectivity index (χ3n) is 5.27. The number of primary sulfonamides is 1. The molecular weight excluding hydrogens is 552 g/mol. The molecule has 0 bridgehead atoms. The Morgan fingerprint density at radius 1 is 1.51 bits per heavy atom. The molecule has 2 amide bonds. The Labute approximate surface area is 217 Å². The van der Waals surface area contributed by atoms with E-state index in [1.807, 2.05) is 0 Å².